The average Bonchev–Trinajstić information content (AvgIpc) is 2.80. The molecule has 36 heavy (non-hydrogen) atoms. The molecule has 1 heterocycles. The van der Waals surface area contributed by atoms with Gasteiger partial charge >= 0.3 is 27.6 Å². The molecule has 3 aromatic rings. The van der Waals surface area contributed by atoms with Crippen LogP contribution in [0.3, 0.4) is 0 Å². The number of esters is 1. The summed E-state index contributed by atoms with van der Waals surface area (Å²) in [6.45, 7) is -0.887. The van der Waals surface area contributed by atoms with Crippen LogP contribution in [-0.2, 0) is 23.9 Å². The van der Waals surface area contributed by atoms with E-state index in [-0.39, 0.29) is 27.2 Å². The van der Waals surface area contributed by atoms with Gasteiger partial charge < -0.3 is 13.8 Å². The Hall–Kier alpha value is -3.28. The zero-order valence-corrected chi connectivity index (χ0v) is 20.2. The van der Waals surface area contributed by atoms with E-state index in [0.29, 0.717) is 11.1 Å². The van der Waals surface area contributed by atoms with Crippen molar-refractivity contribution in [3.05, 3.63) is 87.9 Å². The number of benzene rings is 3. The second-order valence-electron chi connectivity index (χ2n) is 7.46. The fourth-order valence-corrected chi connectivity index (χ4v) is 4.61. The smallest absolute Gasteiger partial charge is 0.423 e. The summed E-state index contributed by atoms with van der Waals surface area (Å²) in [7, 11) is -6.14. The van der Waals surface area contributed by atoms with Crippen LogP contribution in [0, 0.1) is 0 Å². The van der Waals surface area contributed by atoms with E-state index in [1.165, 1.54) is 29.2 Å². The number of rotatable bonds is 5. The van der Waals surface area contributed by atoms with E-state index in [0.717, 1.165) is 0 Å². The SMILES string of the molecule is O=C(CN1c2ccccc2C(C(=O)Oc2c(Cl)cccc2Cl)c2ccccc21)OS(=O)(=O)C(F)(F)F. The zero-order chi connectivity index (χ0) is 26.3. The topological polar surface area (TPSA) is 90.0 Å². The van der Waals surface area contributed by atoms with Gasteiger partial charge in [0, 0.05) is 11.4 Å². The normalized spacial score (nSPS) is 13.5. The van der Waals surface area contributed by atoms with Crippen LogP contribution in [0.25, 0.3) is 0 Å². The molecule has 4 rings (SSSR count). The highest BCUT2D eigenvalue weighted by molar-refractivity contribution is 7.88. The second kappa shape index (κ2) is 9.64. The summed E-state index contributed by atoms with van der Waals surface area (Å²) < 4.78 is 69.9. The Kier molecular flexibility index (Phi) is 6.91. The quantitative estimate of drug-likeness (QED) is 0.174. The summed E-state index contributed by atoms with van der Waals surface area (Å²) >= 11 is 12.3. The molecular weight excluding hydrogens is 546 g/mol. The highest BCUT2D eigenvalue weighted by Crippen LogP contribution is 2.46. The molecule has 0 saturated heterocycles. The van der Waals surface area contributed by atoms with Gasteiger partial charge in [-0.05, 0) is 35.4 Å². The van der Waals surface area contributed by atoms with Gasteiger partial charge in [0.15, 0.2) is 5.75 Å². The molecule has 0 saturated carbocycles. The van der Waals surface area contributed by atoms with Gasteiger partial charge in [-0.15, -0.1) is 0 Å². The van der Waals surface area contributed by atoms with E-state index in [1.807, 2.05) is 0 Å². The van der Waals surface area contributed by atoms with E-state index in [2.05, 4.69) is 4.18 Å². The van der Waals surface area contributed by atoms with Crippen molar-refractivity contribution < 1.29 is 40.1 Å². The Morgan fingerprint density at radius 1 is 0.861 bits per heavy atom. The standard InChI is InChI=1S/C23H14Cl2F3NO6S/c24-15-8-5-9-16(25)21(15)34-22(31)20-13-6-1-3-10-17(13)29(18-11-4-2-7-14(18)20)12-19(30)35-36(32,33)23(26,27)28/h1-11,20H,12H2. The van der Waals surface area contributed by atoms with Gasteiger partial charge in [0.2, 0.25) is 0 Å². The highest BCUT2D eigenvalue weighted by atomic mass is 35.5. The minimum absolute atomic E-state index is 0.0517. The lowest BCUT2D eigenvalue weighted by Crippen LogP contribution is -2.36. The molecule has 0 fully saturated rings. The van der Waals surface area contributed by atoms with Gasteiger partial charge in [-0.3, -0.25) is 4.79 Å². The van der Waals surface area contributed by atoms with Gasteiger partial charge in [0.25, 0.3) is 0 Å². The molecule has 0 bridgehead atoms. The van der Waals surface area contributed by atoms with Crippen LogP contribution < -0.4 is 9.64 Å². The third-order valence-corrected chi connectivity index (χ3v) is 6.78. The van der Waals surface area contributed by atoms with Crippen molar-refractivity contribution in [1.82, 2.24) is 0 Å². The van der Waals surface area contributed by atoms with Gasteiger partial charge in [-0.1, -0.05) is 65.7 Å². The fourth-order valence-electron chi connectivity index (χ4n) is 3.74. The molecule has 0 unspecified atom stereocenters. The number of nitrogens with zero attached hydrogens (tertiary/aromatic N) is 1. The Labute approximate surface area is 213 Å². The number of ether oxygens (including phenoxy) is 1. The Morgan fingerprint density at radius 2 is 1.36 bits per heavy atom. The number of fused-ring (bicyclic) bond motifs is 2. The van der Waals surface area contributed by atoms with Gasteiger partial charge in [0.05, 0.1) is 10.0 Å². The summed E-state index contributed by atoms with van der Waals surface area (Å²) in [4.78, 5) is 26.9. The number of halogens is 5. The van der Waals surface area contributed by atoms with Crippen LogP contribution in [0.5, 0.6) is 5.75 Å². The second-order valence-corrected chi connectivity index (χ2v) is 9.82. The maximum Gasteiger partial charge on any atom is 0.534 e. The van der Waals surface area contributed by atoms with Crippen molar-refractivity contribution in [2.45, 2.75) is 11.4 Å². The minimum atomic E-state index is -6.14. The van der Waals surface area contributed by atoms with Gasteiger partial charge in [0.1, 0.15) is 12.5 Å². The van der Waals surface area contributed by atoms with Crippen LogP contribution >= 0.6 is 23.2 Å². The summed E-state index contributed by atoms with van der Waals surface area (Å²) in [5, 5.41) is 0.201. The molecule has 13 heteroatoms. The highest BCUT2D eigenvalue weighted by Gasteiger charge is 2.50. The van der Waals surface area contributed by atoms with Crippen LogP contribution in [0.2, 0.25) is 10.0 Å². The van der Waals surface area contributed by atoms with E-state index < -0.39 is 40.0 Å². The Balaban J connectivity index is 1.73. The Bertz CT molecular complexity index is 1390. The number of hydrogen-bond donors (Lipinski definition) is 0. The largest absolute Gasteiger partial charge is 0.534 e. The van der Waals surface area contributed by atoms with Crippen LogP contribution in [-0.4, -0.2) is 32.4 Å². The number of alkyl halides is 3. The first-order valence-corrected chi connectivity index (χ1v) is 12.2. The first kappa shape index (κ1) is 25.8. The molecule has 0 spiro atoms. The lowest BCUT2D eigenvalue weighted by molar-refractivity contribution is -0.135. The third-order valence-electron chi connectivity index (χ3n) is 5.21. The molecule has 0 atom stereocenters. The average molecular weight is 560 g/mol. The zero-order valence-electron chi connectivity index (χ0n) is 17.8. The van der Waals surface area contributed by atoms with Crippen LogP contribution in [0.1, 0.15) is 17.0 Å². The van der Waals surface area contributed by atoms with Gasteiger partial charge in [-0.2, -0.15) is 21.6 Å². The molecule has 0 radical (unpaired) electrons. The molecule has 0 amide bonds. The van der Waals surface area contributed by atoms with Crippen LogP contribution in [0.15, 0.2) is 66.7 Å². The molecular formula is C23H14Cl2F3NO6S. The predicted octanol–water partition coefficient (Wildman–Crippen LogP) is 5.58. The third kappa shape index (κ3) is 4.86. The predicted molar refractivity (Wildman–Crippen MR) is 125 cm³/mol. The maximum atomic E-state index is 13.4. The van der Waals surface area contributed by atoms with E-state index in [1.54, 1.807) is 42.5 Å². The lowest BCUT2D eigenvalue weighted by atomic mass is 9.85. The number of para-hydroxylation sites is 3. The molecule has 1 aliphatic heterocycles. The molecule has 0 aromatic heterocycles. The number of hydrogen-bond acceptors (Lipinski definition) is 7. The molecule has 0 aliphatic carbocycles. The Morgan fingerprint density at radius 3 is 1.86 bits per heavy atom. The van der Waals surface area contributed by atoms with E-state index in [4.69, 9.17) is 27.9 Å². The molecule has 188 valence electrons. The van der Waals surface area contributed by atoms with Crippen molar-refractivity contribution >= 4 is 56.6 Å². The van der Waals surface area contributed by atoms with E-state index in [9.17, 15) is 31.2 Å². The molecule has 7 nitrogen and oxygen atoms in total. The molecule has 0 N–H and O–H groups in total. The van der Waals surface area contributed by atoms with Crippen molar-refractivity contribution in [3.63, 3.8) is 0 Å². The summed E-state index contributed by atoms with van der Waals surface area (Å²) in [6, 6.07) is 17.1. The fraction of sp³-hybridized carbons (Fsp3) is 0.130. The van der Waals surface area contributed by atoms with Crippen molar-refractivity contribution in [3.8, 4) is 5.75 Å². The van der Waals surface area contributed by atoms with Gasteiger partial charge in [-0.25, -0.2) is 4.79 Å². The molecule has 1 aliphatic rings. The number of carbonyl (C=O) groups is 2. The first-order chi connectivity index (χ1) is 16.9. The number of carbonyl (C=O) groups excluding carboxylic acids is 2. The minimum Gasteiger partial charge on any atom is -0.423 e. The van der Waals surface area contributed by atoms with Crippen molar-refractivity contribution in [1.29, 1.82) is 0 Å². The lowest BCUT2D eigenvalue weighted by Gasteiger charge is -2.36. The number of anilines is 2. The monoisotopic (exact) mass is 559 g/mol. The molecule has 3 aromatic carbocycles. The van der Waals surface area contributed by atoms with Crippen molar-refractivity contribution in [2.24, 2.45) is 0 Å². The summed E-state index contributed by atoms with van der Waals surface area (Å²) in [5.74, 6) is -3.51. The first-order valence-electron chi connectivity index (χ1n) is 10.1. The summed E-state index contributed by atoms with van der Waals surface area (Å²) in [6.07, 6.45) is 0. The van der Waals surface area contributed by atoms with Crippen LogP contribution in [0.4, 0.5) is 24.5 Å². The summed E-state index contributed by atoms with van der Waals surface area (Å²) in [5.41, 5.74) is -4.57. The maximum absolute atomic E-state index is 13.4. The van der Waals surface area contributed by atoms with Crippen molar-refractivity contribution in [2.75, 3.05) is 11.4 Å². The van der Waals surface area contributed by atoms with E-state index >= 15 is 0 Å².